The Labute approximate surface area is 200 Å². The number of hydrogen-bond acceptors (Lipinski definition) is 5. The maximum absolute atomic E-state index is 12.6. The third kappa shape index (κ3) is 5.94. The molecule has 2 amide bonds. The van der Waals surface area contributed by atoms with Gasteiger partial charge in [0.2, 0.25) is 5.91 Å². The van der Waals surface area contributed by atoms with E-state index in [1.54, 1.807) is 32.8 Å². The second-order valence-corrected chi connectivity index (χ2v) is 9.51. The highest BCUT2D eigenvalue weighted by atomic mass is 16.5. The second kappa shape index (κ2) is 10.7. The number of likely N-dealkylation sites (N-methyl/N-ethyl adjacent to an activating group) is 1. The summed E-state index contributed by atoms with van der Waals surface area (Å²) >= 11 is 0. The third-order valence-corrected chi connectivity index (χ3v) is 6.13. The first-order chi connectivity index (χ1) is 16.1. The van der Waals surface area contributed by atoms with Crippen molar-refractivity contribution in [3.05, 3.63) is 59.7 Å². The molecule has 0 spiro atoms. The van der Waals surface area contributed by atoms with Crippen LogP contribution in [-0.4, -0.2) is 67.8 Å². The molecule has 0 bridgehead atoms. The van der Waals surface area contributed by atoms with Crippen molar-refractivity contribution in [3.63, 3.8) is 0 Å². The predicted octanol–water partition coefficient (Wildman–Crippen LogP) is 3.07. The van der Waals surface area contributed by atoms with E-state index in [9.17, 15) is 19.5 Å². The van der Waals surface area contributed by atoms with Gasteiger partial charge in [0, 0.05) is 24.4 Å². The fourth-order valence-corrected chi connectivity index (χ4v) is 4.14. The number of carboxylic acid groups (broad SMARTS) is 1. The number of fused-ring (bicyclic) bond motifs is 3. The Morgan fingerprint density at radius 3 is 2.12 bits per heavy atom. The third-order valence-electron chi connectivity index (χ3n) is 6.13. The lowest BCUT2D eigenvalue weighted by Crippen LogP contribution is -2.51. The minimum Gasteiger partial charge on any atom is -0.480 e. The van der Waals surface area contributed by atoms with Gasteiger partial charge in [0.1, 0.15) is 12.6 Å². The number of benzene rings is 2. The van der Waals surface area contributed by atoms with Gasteiger partial charge in [0.25, 0.3) is 0 Å². The molecule has 3 rings (SSSR count). The zero-order valence-corrected chi connectivity index (χ0v) is 20.1. The standard InChI is InChI=1S/C26H33N3O5/c1-26(2,24(32)28-22(23(30)31)15-29(3)4)13-14-27-25(33)34-16-21-19-11-7-5-9-17(19)18-10-6-8-12-20(18)21/h5-12,21-22H,13-16H2,1-4H3,(H,27,33)(H,28,32)(H,30,31). The monoisotopic (exact) mass is 467 g/mol. The number of alkyl carbamates (subject to hydrolysis) is 1. The number of nitrogens with one attached hydrogen (secondary N) is 2. The van der Waals surface area contributed by atoms with Crippen LogP contribution in [0.2, 0.25) is 0 Å². The first-order valence-corrected chi connectivity index (χ1v) is 11.4. The summed E-state index contributed by atoms with van der Waals surface area (Å²) in [6.45, 7) is 4.07. The minimum atomic E-state index is -1.09. The van der Waals surface area contributed by atoms with E-state index in [4.69, 9.17) is 4.74 Å². The zero-order chi connectivity index (χ0) is 24.9. The highest BCUT2D eigenvalue weighted by Gasteiger charge is 2.32. The topological polar surface area (TPSA) is 108 Å². The molecular formula is C26H33N3O5. The minimum absolute atomic E-state index is 0.0231. The largest absolute Gasteiger partial charge is 0.480 e. The number of carbonyl (C=O) groups excluding carboxylic acids is 2. The van der Waals surface area contributed by atoms with Gasteiger partial charge >= 0.3 is 12.1 Å². The van der Waals surface area contributed by atoms with E-state index in [0.29, 0.717) is 6.42 Å². The van der Waals surface area contributed by atoms with Crippen molar-refractivity contribution in [1.82, 2.24) is 15.5 Å². The number of hydrogen-bond donors (Lipinski definition) is 3. The van der Waals surface area contributed by atoms with Crippen LogP contribution in [0.15, 0.2) is 48.5 Å². The Hall–Kier alpha value is -3.39. The highest BCUT2D eigenvalue weighted by molar-refractivity contribution is 5.87. The van der Waals surface area contributed by atoms with Gasteiger partial charge in [-0.25, -0.2) is 9.59 Å². The van der Waals surface area contributed by atoms with Crippen molar-refractivity contribution in [2.45, 2.75) is 32.2 Å². The predicted molar refractivity (Wildman–Crippen MR) is 130 cm³/mol. The van der Waals surface area contributed by atoms with Crippen LogP contribution in [0.25, 0.3) is 11.1 Å². The Morgan fingerprint density at radius 2 is 1.59 bits per heavy atom. The van der Waals surface area contributed by atoms with Crippen molar-refractivity contribution >= 4 is 18.0 Å². The van der Waals surface area contributed by atoms with Gasteiger partial charge in [-0.1, -0.05) is 62.4 Å². The molecule has 1 unspecified atom stereocenters. The van der Waals surface area contributed by atoms with Crippen LogP contribution in [0.3, 0.4) is 0 Å². The first-order valence-electron chi connectivity index (χ1n) is 11.4. The summed E-state index contributed by atoms with van der Waals surface area (Å²) < 4.78 is 5.52. The number of aliphatic carboxylic acids is 1. The lowest BCUT2D eigenvalue weighted by atomic mass is 9.88. The quantitative estimate of drug-likeness (QED) is 0.496. The molecule has 8 nitrogen and oxygen atoms in total. The van der Waals surface area contributed by atoms with Crippen molar-refractivity contribution < 1.29 is 24.2 Å². The lowest BCUT2D eigenvalue weighted by Gasteiger charge is -2.27. The zero-order valence-electron chi connectivity index (χ0n) is 20.1. The van der Waals surface area contributed by atoms with Crippen LogP contribution < -0.4 is 10.6 Å². The Morgan fingerprint density at radius 1 is 1.03 bits per heavy atom. The van der Waals surface area contributed by atoms with E-state index in [2.05, 4.69) is 34.9 Å². The van der Waals surface area contributed by atoms with Gasteiger partial charge in [-0.3, -0.25) is 4.79 Å². The molecular weight excluding hydrogens is 434 g/mol. The Balaban J connectivity index is 1.50. The van der Waals surface area contributed by atoms with Crippen LogP contribution in [-0.2, 0) is 14.3 Å². The summed E-state index contributed by atoms with van der Waals surface area (Å²) in [6, 6.07) is 15.2. The number of nitrogens with zero attached hydrogens (tertiary/aromatic N) is 1. The van der Waals surface area contributed by atoms with Gasteiger partial charge in [0.15, 0.2) is 0 Å². The molecule has 1 aliphatic carbocycles. The summed E-state index contributed by atoms with van der Waals surface area (Å²) in [6.07, 6.45) is -0.216. The van der Waals surface area contributed by atoms with Gasteiger partial charge in [-0.15, -0.1) is 0 Å². The molecule has 2 aromatic rings. The molecule has 0 aromatic heterocycles. The van der Waals surface area contributed by atoms with Crippen LogP contribution in [0, 0.1) is 5.41 Å². The molecule has 0 radical (unpaired) electrons. The first kappa shape index (κ1) is 25.2. The van der Waals surface area contributed by atoms with Gasteiger partial charge in [0.05, 0.1) is 0 Å². The average Bonchev–Trinajstić information content (AvgIpc) is 3.10. The molecule has 0 fully saturated rings. The molecule has 1 aliphatic rings. The fourth-order valence-electron chi connectivity index (χ4n) is 4.14. The number of rotatable bonds is 10. The number of carboxylic acids is 1. The lowest BCUT2D eigenvalue weighted by molar-refractivity contribution is -0.144. The van der Waals surface area contributed by atoms with Crippen LogP contribution in [0.1, 0.15) is 37.3 Å². The maximum Gasteiger partial charge on any atom is 0.407 e. The summed E-state index contributed by atoms with van der Waals surface area (Å²) in [5.41, 5.74) is 3.74. The van der Waals surface area contributed by atoms with Crippen molar-refractivity contribution in [2.75, 3.05) is 33.8 Å². The Kier molecular flexibility index (Phi) is 7.94. The SMILES string of the molecule is CN(C)CC(NC(=O)C(C)(C)CCNC(=O)OCC1c2ccccc2-c2ccccc21)C(=O)O. The van der Waals surface area contributed by atoms with E-state index in [-0.39, 0.29) is 31.5 Å². The second-order valence-electron chi connectivity index (χ2n) is 9.51. The van der Waals surface area contributed by atoms with E-state index in [1.165, 1.54) is 0 Å². The average molecular weight is 468 g/mol. The maximum atomic E-state index is 12.6. The fraction of sp³-hybridized carbons (Fsp3) is 0.423. The molecule has 0 saturated carbocycles. The molecule has 34 heavy (non-hydrogen) atoms. The number of amides is 2. The summed E-state index contributed by atoms with van der Waals surface area (Å²) in [5, 5.41) is 14.6. The van der Waals surface area contributed by atoms with Crippen molar-refractivity contribution in [1.29, 1.82) is 0 Å². The highest BCUT2D eigenvalue weighted by Crippen LogP contribution is 2.44. The summed E-state index contributed by atoms with van der Waals surface area (Å²) in [7, 11) is 3.48. The van der Waals surface area contributed by atoms with Gasteiger partial charge in [-0.2, -0.15) is 0 Å². The van der Waals surface area contributed by atoms with E-state index < -0.39 is 23.5 Å². The van der Waals surface area contributed by atoms with Crippen LogP contribution in [0.5, 0.6) is 0 Å². The molecule has 0 heterocycles. The summed E-state index contributed by atoms with van der Waals surface area (Å²) in [5.74, 6) is -1.49. The Bertz CT molecular complexity index is 1000. The van der Waals surface area contributed by atoms with Gasteiger partial charge < -0.3 is 25.4 Å². The molecule has 8 heteroatoms. The smallest absolute Gasteiger partial charge is 0.407 e. The summed E-state index contributed by atoms with van der Waals surface area (Å²) in [4.78, 5) is 38.1. The molecule has 0 aliphatic heterocycles. The molecule has 1 atom stereocenters. The van der Waals surface area contributed by atoms with Crippen molar-refractivity contribution in [2.24, 2.45) is 5.41 Å². The number of carbonyl (C=O) groups is 3. The van der Waals surface area contributed by atoms with Crippen molar-refractivity contribution in [3.8, 4) is 11.1 Å². The van der Waals surface area contributed by atoms with Gasteiger partial charge in [-0.05, 0) is 42.8 Å². The normalized spacial score (nSPS) is 13.7. The molecule has 3 N–H and O–H groups in total. The molecule has 182 valence electrons. The van der Waals surface area contributed by atoms with Crippen LogP contribution >= 0.6 is 0 Å². The number of ether oxygens (including phenoxy) is 1. The van der Waals surface area contributed by atoms with Crippen LogP contribution in [0.4, 0.5) is 4.79 Å². The van der Waals surface area contributed by atoms with E-state index >= 15 is 0 Å². The molecule has 0 saturated heterocycles. The van der Waals surface area contributed by atoms with E-state index in [1.807, 2.05) is 24.3 Å². The van der Waals surface area contributed by atoms with E-state index in [0.717, 1.165) is 22.3 Å². The molecule has 2 aromatic carbocycles.